The van der Waals surface area contributed by atoms with E-state index in [1.807, 2.05) is 0 Å². The molecule has 0 radical (unpaired) electrons. The third-order valence-electron chi connectivity index (χ3n) is 5.27. The second-order valence-electron chi connectivity index (χ2n) is 7.34. The van der Waals surface area contributed by atoms with Gasteiger partial charge in [-0.1, -0.05) is 96.3 Å². The lowest BCUT2D eigenvalue weighted by Crippen LogP contribution is -2.21. The van der Waals surface area contributed by atoms with Crippen molar-refractivity contribution < 1.29 is 0 Å². The highest BCUT2D eigenvalue weighted by Gasteiger charge is 2.19. The van der Waals surface area contributed by atoms with Gasteiger partial charge >= 0.3 is 0 Å². The van der Waals surface area contributed by atoms with Crippen molar-refractivity contribution in [3.05, 3.63) is 22.6 Å². The third kappa shape index (κ3) is 12.5. The van der Waals surface area contributed by atoms with E-state index in [4.69, 9.17) is 5.53 Å². The Kier molecular flexibility index (Phi) is 16.2. The fourth-order valence-corrected chi connectivity index (χ4v) is 3.22. The van der Waals surface area contributed by atoms with Crippen LogP contribution in [0.25, 0.3) is 10.4 Å². The van der Waals surface area contributed by atoms with Crippen LogP contribution in [-0.2, 0) is 0 Å². The number of nitrogens with zero attached hydrogens (tertiary/aromatic N) is 3. The van der Waals surface area contributed by atoms with Crippen molar-refractivity contribution in [2.75, 3.05) is 0 Å². The Morgan fingerprint density at radius 3 is 2.00 bits per heavy atom. The Morgan fingerprint density at radius 1 is 0.875 bits per heavy atom. The number of rotatable bonds is 16. The number of hydrogen-bond donors (Lipinski definition) is 0. The van der Waals surface area contributed by atoms with Gasteiger partial charge in [-0.25, -0.2) is 0 Å². The Morgan fingerprint density at radius 2 is 1.46 bits per heavy atom. The number of azide groups is 1. The Hall–Kier alpha value is -0.950. The lowest BCUT2D eigenvalue weighted by Gasteiger charge is -2.23. The summed E-state index contributed by atoms with van der Waals surface area (Å²) < 4.78 is 0. The van der Waals surface area contributed by atoms with Crippen molar-refractivity contribution in [1.29, 1.82) is 0 Å². The molecule has 0 aliphatic rings. The van der Waals surface area contributed by atoms with Gasteiger partial charge in [0.25, 0.3) is 0 Å². The van der Waals surface area contributed by atoms with Crippen LogP contribution >= 0.6 is 0 Å². The zero-order valence-corrected chi connectivity index (χ0v) is 16.7. The van der Waals surface area contributed by atoms with E-state index in [0.717, 1.165) is 12.8 Å². The molecule has 0 aliphatic carbocycles. The van der Waals surface area contributed by atoms with Crippen molar-refractivity contribution in [3.63, 3.8) is 0 Å². The molecule has 0 saturated carbocycles. The molecule has 24 heavy (non-hydrogen) atoms. The van der Waals surface area contributed by atoms with Crippen molar-refractivity contribution in [1.82, 2.24) is 0 Å². The molecule has 0 heterocycles. The van der Waals surface area contributed by atoms with Crippen LogP contribution in [-0.4, -0.2) is 6.04 Å². The summed E-state index contributed by atoms with van der Waals surface area (Å²) in [5.74, 6) is 1.02. The third-order valence-corrected chi connectivity index (χ3v) is 5.27. The second-order valence-corrected chi connectivity index (χ2v) is 7.34. The summed E-state index contributed by atoms with van der Waals surface area (Å²) in [7, 11) is 0. The first-order valence-electron chi connectivity index (χ1n) is 10.4. The summed E-state index contributed by atoms with van der Waals surface area (Å²) >= 11 is 0. The SMILES string of the molecule is CCCCCCCCCCC/C=C/C[C@@H](C)[C@@H](C)[C@@H](CC)N=[N+]=[N-]. The van der Waals surface area contributed by atoms with E-state index in [1.54, 1.807) is 0 Å². The van der Waals surface area contributed by atoms with Crippen LogP contribution in [0.3, 0.4) is 0 Å². The maximum absolute atomic E-state index is 8.63. The molecule has 0 aromatic carbocycles. The minimum Gasteiger partial charge on any atom is -0.0903 e. The Balaban J connectivity index is 3.62. The van der Waals surface area contributed by atoms with Crippen LogP contribution in [0.15, 0.2) is 17.3 Å². The first-order chi connectivity index (χ1) is 11.7. The number of unbranched alkanes of at least 4 members (excludes halogenated alkanes) is 9. The molecule has 0 amide bonds. The molecule has 3 heteroatoms. The molecule has 3 nitrogen and oxygen atoms in total. The van der Waals surface area contributed by atoms with Crippen LogP contribution in [0, 0.1) is 11.8 Å². The van der Waals surface area contributed by atoms with E-state index in [2.05, 4.69) is 49.9 Å². The molecular weight excluding hydrogens is 294 g/mol. The van der Waals surface area contributed by atoms with Crippen molar-refractivity contribution in [2.45, 2.75) is 111 Å². The van der Waals surface area contributed by atoms with Gasteiger partial charge in [0, 0.05) is 11.0 Å². The van der Waals surface area contributed by atoms with Gasteiger partial charge in [-0.15, -0.1) is 0 Å². The van der Waals surface area contributed by atoms with Gasteiger partial charge in [0.1, 0.15) is 0 Å². The zero-order chi connectivity index (χ0) is 18.0. The van der Waals surface area contributed by atoms with Crippen LogP contribution in [0.4, 0.5) is 0 Å². The summed E-state index contributed by atoms with van der Waals surface area (Å²) in [6.07, 6.45) is 20.5. The lowest BCUT2D eigenvalue weighted by molar-refractivity contribution is 0.320. The standard InChI is InChI=1S/C21H41N3/c1-5-7-8-9-10-11-12-13-14-15-16-17-18-19(3)20(4)21(6-2)23-24-22/h16-17,19-21H,5-15,18H2,1-4H3/b17-16+/t19-,20-,21-/m1/s1. The highest BCUT2D eigenvalue weighted by atomic mass is 15.1. The summed E-state index contributed by atoms with van der Waals surface area (Å²) in [6.45, 7) is 8.85. The first kappa shape index (κ1) is 23.1. The molecule has 0 saturated heterocycles. The van der Waals surface area contributed by atoms with Gasteiger partial charge in [-0.3, -0.25) is 0 Å². The molecule has 0 fully saturated rings. The highest BCUT2D eigenvalue weighted by Crippen LogP contribution is 2.23. The van der Waals surface area contributed by atoms with Gasteiger partial charge in [0.15, 0.2) is 0 Å². The quantitative estimate of drug-likeness (QED) is 0.0896. The van der Waals surface area contributed by atoms with Gasteiger partial charge in [-0.05, 0) is 43.1 Å². The fourth-order valence-electron chi connectivity index (χ4n) is 3.22. The average molecular weight is 336 g/mol. The summed E-state index contributed by atoms with van der Waals surface area (Å²) in [5, 5.41) is 3.93. The molecule has 3 atom stereocenters. The molecule has 0 aromatic rings. The molecular formula is C21H41N3. The van der Waals surface area contributed by atoms with Crippen LogP contribution in [0.1, 0.15) is 105 Å². The largest absolute Gasteiger partial charge is 0.0903 e. The minimum absolute atomic E-state index is 0.135. The fraction of sp³-hybridized carbons (Fsp3) is 0.905. The normalized spacial score (nSPS) is 15.2. The molecule has 0 aromatic heterocycles. The van der Waals surface area contributed by atoms with E-state index >= 15 is 0 Å². The highest BCUT2D eigenvalue weighted by molar-refractivity contribution is 4.86. The van der Waals surface area contributed by atoms with Crippen LogP contribution in [0.2, 0.25) is 0 Å². The molecule has 0 bridgehead atoms. The molecule has 0 aliphatic heterocycles. The van der Waals surface area contributed by atoms with Crippen molar-refractivity contribution in [2.24, 2.45) is 17.0 Å². The van der Waals surface area contributed by atoms with Crippen LogP contribution < -0.4 is 0 Å². The molecule has 0 unspecified atom stereocenters. The predicted molar refractivity (Wildman–Crippen MR) is 107 cm³/mol. The van der Waals surface area contributed by atoms with E-state index < -0.39 is 0 Å². The van der Waals surface area contributed by atoms with E-state index in [0.29, 0.717) is 11.8 Å². The first-order valence-corrected chi connectivity index (χ1v) is 10.4. The van der Waals surface area contributed by atoms with Crippen molar-refractivity contribution in [3.8, 4) is 0 Å². The summed E-state index contributed by atoms with van der Waals surface area (Å²) in [5.41, 5.74) is 8.63. The molecule has 0 rings (SSSR count). The van der Waals surface area contributed by atoms with E-state index in [-0.39, 0.29) is 6.04 Å². The van der Waals surface area contributed by atoms with Gasteiger partial charge in [0.2, 0.25) is 0 Å². The monoisotopic (exact) mass is 335 g/mol. The predicted octanol–water partition coefficient (Wildman–Crippen LogP) is 8.21. The Labute approximate surface area is 150 Å². The second kappa shape index (κ2) is 16.9. The van der Waals surface area contributed by atoms with E-state index in [9.17, 15) is 0 Å². The van der Waals surface area contributed by atoms with E-state index in [1.165, 1.54) is 64.2 Å². The maximum Gasteiger partial charge on any atom is 0.0399 e. The Bertz CT molecular complexity index is 345. The van der Waals surface area contributed by atoms with Crippen molar-refractivity contribution >= 4 is 0 Å². The minimum atomic E-state index is 0.135. The number of hydrogen-bond acceptors (Lipinski definition) is 1. The van der Waals surface area contributed by atoms with Gasteiger partial charge in [0.05, 0.1) is 0 Å². The topological polar surface area (TPSA) is 48.8 Å². The number of allylic oxidation sites excluding steroid dienone is 2. The van der Waals surface area contributed by atoms with Crippen LogP contribution in [0.5, 0.6) is 0 Å². The molecule has 0 N–H and O–H groups in total. The summed E-state index contributed by atoms with van der Waals surface area (Å²) in [6, 6.07) is 0.135. The smallest absolute Gasteiger partial charge is 0.0399 e. The lowest BCUT2D eigenvalue weighted by atomic mass is 9.86. The average Bonchev–Trinajstić information content (AvgIpc) is 2.59. The zero-order valence-electron chi connectivity index (χ0n) is 16.7. The van der Waals surface area contributed by atoms with Gasteiger partial charge in [-0.2, -0.15) is 0 Å². The maximum atomic E-state index is 8.63. The molecule has 0 spiro atoms. The summed E-state index contributed by atoms with van der Waals surface area (Å²) in [4.78, 5) is 2.98. The van der Waals surface area contributed by atoms with Gasteiger partial charge < -0.3 is 0 Å². The molecule has 140 valence electrons.